The monoisotopic (exact) mass is 405 g/mol. The zero-order chi connectivity index (χ0) is 21.4. The minimum Gasteiger partial charge on any atom is -0.507 e. The van der Waals surface area contributed by atoms with Gasteiger partial charge >= 0.3 is 0 Å². The maximum Gasteiger partial charge on any atom is 0.246 e. The molecule has 3 aromatic rings. The molecule has 0 aliphatic carbocycles. The Morgan fingerprint density at radius 2 is 2.03 bits per heavy atom. The first-order valence-corrected chi connectivity index (χ1v) is 9.68. The largest absolute Gasteiger partial charge is 0.507 e. The third-order valence-electron chi connectivity index (χ3n) is 5.50. The summed E-state index contributed by atoms with van der Waals surface area (Å²) in [6.45, 7) is 3.98. The van der Waals surface area contributed by atoms with E-state index in [1.807, 2.05) is 18.2 Å². The van der Waals surface area contributed by atoms with Gasteiger partial charge in [-0.3, -0.25) is 9.59 Å². The van der Waals surface area contributed by atoms with Gasteiger partial charge in [0.05, 0.1) is 5.69 Å². The summed E-state index contributed by atoms with van der Waals surface area (Å²) in [7, 11) is 3.37. The van der Waals surface area contributed by atoms with E-state index >= 15 is 0 Å². The van der Waals surface area contributed by atoms with Gasteiger partial charge in [-0.25, -0.2) is 0 Å². The zero-order valence-electron chi connectivity index (χ0n) is 16.9. The van der Waals surface area contributed by atoms with Gasteiger partial charge in [-0.05, 0) is 36.8 Å². The maximum atomic E-state index is 12.6. The summed E-state index contributed by atoms with van der Waals surface area (Å²) in [5.41, 5.74) is 2.69. The van der Waals surface area contributed by atoms with E-state index in [1.165, 1.54) is 11.0 Å². The standard InChI is InChI=1S/C22H23N5O3/c1-4-20(29)27-12-14(11-18(27)22(30)26(2)3)16-9-13-10-17(24-25-21(13)23-16)15-7-5-6-8-19(15)28/h4-10,14,18,28H,1,11-12H2,2-3H3,(H,23,25)/t14-,18+/m0/s1. The molecule has 0 saturated carbocycles. The Bertz CT molecular complexity index is 1140. The SMILES string of the molecule is C=CC(=O)N1C[C@@H](c2cc3cc(-c4ccccc4O)nnc3[nH]2)C[C@@H]1C(=O)N(C)C. The highest BCUT2D eigenvalue weighted by Gasteiger charge is 2.40. The molecule has 154 valence electrons. The number of phenolic OH excluding ortho intramolecular Hbond substituents is 1. The number of aromatic nitrogens is 3. The number of fused-ring (bicyclic) bond motifs is 1. The Morgan fingerprint density at radius 1 is 1.27 bits per heavy atom. The molecule has 3 heterocycles. The van der Waals surface area contributed by atoms with Crippen LogP contribution in [0.3, 0.4) is 0 Å². The number of H-pyrrole nitrogens is 1. The van der Waals surface area contributed by atoms with Crippen LogP contribution in [-0.2, 0) is 9.59 Å². The van der Waals surface area contributed by atoms with Crippen molar-refractivity contribution in [2.24, 2.45) is 0 Å². The van der Waals surface area contributed by atoms with Gasteiger partial charge in [0.15, 0.2) is 5.65 Å². The van der Waals surface area contributed by atoms with Gasteiger partial charge in [0.25, 0.3) is 0 Å². The Morgan fingerprint density at radius 3 is 2.73 bits per heavy atom. The lowest BCUT2D eigenvalue weighted by Gasteiger charge is -2.24. The molecule has 0 radical (unpaired) electrons. The van der Waals surface area contributed by atoms with Gasteiger partial charge in [0.2, 0.25) is 11.8 Å². The molecule has 8 heteroatoms. The van der Waals surface area contributed by atoms with E-state index in [1.54, 1.807) is 37.2 Å². The number of phenols is 1. The summed E-state index contributed by atoms with van der Waals surface area (Å²) in [5.74, 6) is -0.257. The van der Waals surface area contributed by atoms with Crippen LogP contribution in [0.4, 0.5) is 0 Å². The second-order valence-electron chi connectivity index (χ2n) is 7.65. The first-order chi connectivity index (χ1) is 14.4. The molecule has 2 N–H and O–H groups in total. The summed E-state index contributed by atoms with van der Waals surface area (Å²) in [6.07, 6.45) is 1.76. The molecule has 2 aromatic heterocycles. The van der Waals surface area contributed by atoms with E-state index in [0.29, 0.717) is 29.9 Å². The summed E-state index contributed by atoms with van der Waals surface area (Å²) in [5, 5.41) is 19.4. The fourth-order valence-corrected chi connectivity index (χ4v) is 3.95. The molecule has 1 fully saturated rings. The Balaban J connectivity index is 1.66. The number of hydrogen-bond acceptors (Lipinski definition) is 5. The van der Waals surface area contributed by atoms with Crippen LogP contribution in [0, 0.1) is 0 Å². The number of benzene rings is 1. The van der Waals surface area contributed by atoms with Gasteiger partial charge < -0.3 is 19.9 Å². The van der Waals surface area contributed by atoms with Crippen LogP contribution in [0.1, 0.15) is 18.0 Å². The van der Waals surface area contributed by atoms with Crippen molar-refractivity contribution in [3.63, 3.8) is 0 Å². The van der Waals surface area contributed by atoms with E-state index in [2.05, 4.69) is 21.8 Å². The van der Waals surface area contributed by atoms with Crippen molar-refractivity contribution in [2.75, 3.05) is 20.6 Å². The van der Waals surface area contributed by atoms with Gasteiger partial charge in [0, 0.05) is 43.2 Å². The molecule has 1 aliphatic rings. The number of rotatable bonds is 4. The lowest BCUT2D eigenvalue weighted by Crippen LogP contribution is -2.44. The number of para-hydroxylation sites is 1. The molecule has 2 atom stereocenters. The van der Waals surface area contributed by atoms with E-state index in [0.717, 1.165) is 11.1 Å². The number of nitrogens with zero attached hydrogens (tertiary/aromatic N) is 4. The highest BCUT2D eigenvalue weighted by Crippen LogP contribution is 2.34. The van der Waals surface area contributed by atoms with Crippen molar-refractivity contribution in [3.05, 3.63) is 54.7 Å². The molecule has 8 nitrogen and oxygen atoms in total. The summed E-state index contributed by atoms with van der Waals surface area (Å²) >= 11 is 0. The normalized spacial score (nSPS) is 18.5. The molecule has 2 amide bonds. The number of amides is 2. The smallest absolute Gasteiger partial charge is 0.246 e. The highest BCUT2D eigenvalue weighted by molar-refractivity contribution is 5.93. The molecule has 0 spiro atoms. The zero-order valence-corrected chi connectivity index (χ0v) is 16.9. The second-order valence-corrected chi connectivity index (χ2v) is 7.65. The Hall–Kier alpha value is -3.68. The van der Waals surface area contributed by atoms with Crippen molar-refractivity contribution in [2.45, 2.75) is 18.4 Å². The van der Waals surface area contributed by atoms with E-state index in [4.69, 9.17) is 0 Å². The quantitative estimate of drug-likeness (QED) is 0.649. The van der Waals surface area contributed by atoms with Gasteiger partial charge in [-0.2, -0.15) is 0 Å². The molecule has 30 heavy (non-hydrogen) atoms. The number of carbonyl (C=O) groups is 2. The predicted octanol–water partition coefficient (Wildman–Crippen LogP) is 2.29. The second kappa shape index (κ2) is 7.62. The number of hydrogen-bond donors (Lipinski definition) is 2. The van der Waals surface area contributed by atoms with Crippen molar-refractivity contribution in [3.8, 4) is 17.0 Å². The first-order valence-electron chi connectivity index (χ1n) is 9.68. The van der Waals surface area contributed by atoms with Crippen LogP contribution in [0.5, 0.6) is 5.75 Å². The minimum atomic E-state index is -0.523. The average Bonchev–Trinajstić information content (AvgIpc) is 3.36. The molecule has 0 bridgehead atoms. The number of carbonyl (C=O) groups excluding carboxylic acids is 2. The summed E-state index contributed by atoms with van der Waals surface area (Å²) in [4.78, 5) is 31.3. The van der Waals surface area contributed by atoms with Crippen molar-refractivity contribution < 1.29 is 14.7 Å². The van der Waals surface area contributed by atoms with Crippen LogP contribution in [0.2, 0.25) is 0 Å². The van der Waals surface area contributed by atoms with Crippen molar-refractivity contribution >= 4 is 22.8 Å². The van der Waals surface area contributed by atoms with E-state index in [-0.39, 0.29) is 23.5 Å². The van der Waals surface area contributed by atoms with Gasteiger partial charge in [-0.1, -0.05) is 18.7 Å². The number of aromatic hydroxyl groups is 1. The van der Waals surface area contributed by atoms with Crippen molar-refractivity contribution in [1.29, 1.82) is 0 Å². The van der Waals surface area contributed by atoms with Crippen LogP contribution < -0.4 is 0 Å². The molecule has 1 aliphatic heterocycles. The summed E-state index contributed by atoms with van der Waals surface area (Å²) in [6, 6.07) is 10.3. The average molecular weight is 405 g/mol. The molecular formula is C22H23N5O3. The van der Waals surface area contributed by atoms with Gasteiger partial charge in [0.1, 0.15) is 11.8 Å². The lowest BCUT2D eigenvalue weighted by atomic mass is 10.0. The molecular weight excluding hydrogens is 382 g/mol. The maximum absolute atomic E-state index is 12.6. The fourth-order valence-electron chi connectivity index (χ4n) is 3.95. The third-order valence-corrected chi connectivity index (χ3v) is 5.50. The number of nitrogens with one attached hydrogen (secondary N) is 1. The Labute approximate surface area is 173 Å². The fraction of sp³-hybridized carbons (Fsp3) is 0.273. The van der Waals surface area contributed by atoms with Crippen LogP contribution in [0.15, 0.2) is 49.1 Å². The third kappa shape index (κ3) is 3.41. The molecule has 4 rings (SSSR count). The van der Waals surface area contributed by atoms with Gasteiger partial charge in [-0.15, -0.1) is 10.2 Å². The van der Waals surface area contributed by atoms with Crippen LogP contribution in [-0.4, -0.2) is 68.6 Å². The van der Waals surface area contributed by atoms with E-state index < -0.39 is 6.04 Å². The lowest BCUT2D eigenvalue weighted by molar-refractivity contribution is -0.139. The predicted molar refractivity (Wildman–Crippen MR) is 113 cm³/mol. The van der Waals surface area contributed by atoms with Crippen molar-refractivity contribution in [1.82, 2.24) is 25.0 Å². The van der Waals surface area contributed by atoms with Crippen LogP contribution in [0.25, 0.3) is 22.3 Å². The topological polar surface area (TPSA) is 102 Å². The number of likely N-dealkylation sites (N-methyl/N-ethyl adjacent to an activating group) is 1. The molecule has 1 saturated heterocycles. The van der Waals surface area contributed by atoms with E-state index in [9.17, 15) is 14.7 Å². The minimum absolute atomic E-state index is 0.0365. The molecule has 0 unspecified atom stereocenters. The first kappa shape index (κ1) is 19.6. The van der Waals surface area contributed by atoms with Crippen LogP contribution >= 0.6 is 0 Å². The number of likely N-dealkylation sites (tertiary alicyclic amines) is 1. The Kier molecular flexibility index (Phi) is 4.99. The summed E-state index contributed by atoms with van der Waals surface area (Å²) < 4.78 is 0. The molecule has 1 aromatic carbocycles. The highest BCUT2D eigenvalue weighted by atomic mass is 16.3. The number of aromatic amines is 1.